The molecule has 1 fully saturated rings. The summed E-state index contributed by atoms with van der Waals surface area (Å²) in [4.78, 5) is 12.5. The van der Waals surface area contributed by atoms with Crippen molar-refractivity contribution in [1.82, 2.24) is 5.32 Å². The number of nitrogens with one attached hydrogen (secondary N) is 1. The van der Waals surface area contributed by atoms with Crippen LogP contribution in [-0.2, 0) is 14.6 Å². The Kier molecular flexibility index (Phi) is 6.18. The third-order valence-electron chi connectivity index (χ3n) is 4.17. The molecule has 1 aliphatic heterocycles. The summed E-state index contributed by atoms with van der Waals surface area (Å²) in [6.45, 7) is 4.34. The van der Waals surface area contributed by atoms with Crippen LogP contribution in [0.15, 0.2) is 29.2 Å². The first-order chi connectivity index (χ1) is 10.9. The molecular formula is C17H25NO4S. The molecule has 6 heteroatoms. The number of hydrogen-bond acceptors (Lipinski definition) is 4. The van der Waals surface area contributed by atoms with Gasteiger partial charge < -0.3 is 10.1 Å². The fourth-order valence-corrected chi connectivity index (χ4v) is 3.86. The zero-order valence-electron chi connectivity index (χ0n) is 13.7. The van der Waals surface area contributed by atoms with Gasteiger partial charge in [-0.15, -0.1) is 0 Å². The van der Waals surface area contributed by atoms with Gasteiger partial charge in [-0.05, 0) is 44.7 Å². The van der Waals surface area contributed by atoms with Crippen molar-refractivity contribution in [1.29, 1.82) is 0 Å². The standard InChI is InChI=1S/C17H25NO4S/c1-3-23(20,21)16-9-5-4-8-15(16)17(19)18-13(2)10-11-14-7-6-12-22-14/h4-5,8-9,13-14H,3,6-7,10-12H2,1-2H3,(H,18,19). The normalized spacial score (nSPS) is 19.5. The summed E-state index contributed by atoms with van der Waals surface area (Å²) in [5.41, 5.74) is 0.221. The van der Waals surface area contributed by atoms with E-state index in [0.717, 1.165) is 32.3 Å². The third kappa shape index (κ3) is 4.78. The SMILES string of the molecule is CCS(=O)(=O)c1ccccc1C(=O)NC(C)CCC1CCCO1. The number of ether oxygens (including phenoxy) is 1. The van der Waals surface area contributed by atoms with E-state index in [2.05, 4.69) is 5.32 Å². The first-order valence-electron chi connectivity index (χ1n) is 8.18. The second-order valence-electron chi connectivity index (χ2n) is 5.99. The van der Waals surface area contributed by atoms with Crippen molar-refractivity contribution >= 4 is 15.7 Å². The number of hydrogen-bond donors (Lipinski definition) is 1. The maximum atomic E-state index is 12.4. The molecule has 1 aromatic carbocycles. The van der Waals surface area contributed by atoms with E-state index in [4.69, 9.17) is 4.74 Å². The number of sulfone groups is 1. The van der Waals surface area contributed by atoms with Crippen molar-refractivity contribution in [2.24, 2.45) is 0 Å². The van der Waals surface area contributed by atoms with Gasteiger partial charge in [-0.1, -0.05) is 19.1 Å². The monoisotopic (exact) mass is 339 g/mol. The number of benzene rings is 1. The van der Waals surface area contributed by atoms with Gasteiger partial charge in [0.15, 0.2) is 9.84 Å². The molecule has 1 heterocycles. The Hall–Kier alpha value is -1.40. The molecule has 1 aliphatic rings. The Morgan fingerprint density at radius 1 is 1.39 bits per heavy atom. The Bertz CT molecular complexity index is 636. The summed E-state index contributed by atoms with van der Waals surface area (Å²) in [6, 6.07) is 6.35. The molecule has 1 aromatic rings. The van der Waals surface area contributed by atoms with Gasteiger partial charge in [0.05, 0.1) is 22.3 Å². The summed E-state index contributed by atoms with van der Waals surface area (Å²) in [6.07, 6.45) is 4.21. The highest BCUT2D eigenvalue weighted by atomic mass is 32.2. The van der Waals surface area contributed by atoms with E-state index in [1.807, 2.05) is 6.92 Å². The van der Waals surface area contributed by atoms with Crippen LogP contribution >= 0.6 is 0 Å². The second kappa shape index (κ2) is 7.93. The predicted octanol–water partition coefficient (Wildman–Crippen LogP) is 2.56. The Balaban J connectivity index is 2.00. The average Bonchev–Trinajstić information content (AvgIpc) is 3.06. The van der Waals surface area contributed by atoms with Crippen LogP contribution in [0.5, 0.6) is 0 Å². The molecule has 0 aliphatic carbocycles. The zero-order valence-corrected chi connectivity index (χ0v) is 14.6. The van der Waals surface area contributed by atoms with Crippen LogP contribution in [-0.4, -0.2) is 38.8 Å². The van der Waals surface area contributed by atoms with Crippen molar-refractivity contribution < 1.29 is 17.9 Å². The molecule has 0 bridgehead atoms. The minimum absolute atomic E-state index is 0.0220. The van der Waals surface area contributed by atoms with Crippen molar-refractivity contribution in [3.8, 4) is 0 Å². The predicted molar refractivity (Wildman–Crippen MR) is 89.3 cm³/mol. The van der Waals surface area contributed by atoms with Crippen LogP contribution in [0.25, 0.3) is 0 Å². The molecule has 1 amide bonds. The van der Waals surface area contributed by atoms with Gasteiger partial charge in [0.1, 0.15) is 0 Å². The maximum absolute atomic E-state index is 12.4. The van der Waals surface area contributed by atoms with Gasteiger partial charge in [0.2, 0.25) is 0 Å². The van der Waals surface area contributed by atoms with Crippen LogP contribution in [0.2, 0.25) is 0 Å². The number of amides is 1. The molecule has 0 spiro atoms. The van der Waals surface area contributed by atoms with Crippen molar-refractivity contribution in [3.63, 3.8) is 0 Å². The second-order valence-corrected chi connectivity index (χ2v) is 8.23. The van der Waals surface area contributed by atoms with Gasteiger partial charge in [-0.2, -0.15) is 0 Å². The number of carbonyl (C=O) groups is 1. The fraction of sp³-hybridized carbons (Fsp3) is 0.588. The molecule has 23 heavy (non-hydrogen) atoms. The highest BCUT2D eigenvalue weighted by Crippen LogP contribution is 2.19. The van der Waals surface area contributed by atoms with Crippen LogP contribution in [0, 0.1) is 0 Å². The molecule has 2 rings (SSSR count). The summed E-state index contributed by atoms with van der Waals surface area (Å²) < 4.78 is 29.8. The van der Waals surface area contributed by atoms with Crippen LogP contribution in [0.1, 0.15) is 49.9 Å². The molecule has 1 N–H and O–H groups in total. The van der Waals surface area contributed by atoms with E-state index in [1.165, 1.54) is 6.07 Å². The largest absolute Gasteiger partial charge is 0.378 e. The fourth-order valence-electron chi connectivity index (χ4n) is 2.76. The van der Waals surface area contributed by atoms with E-state index in [0.29, 0.717) is 6.10 Å². The average molecular weight is 339 g/mol. The van der Waals surface area contributed by atoms with Gasteiger partial charge in [0.25, 0.3) is 5.91 Å². The first-order valence-corrected chi connectivity index (χ1v) is 9.83. The molecule has 2 atom stereocenters. The molecule has 0 radical (unpaired) electrons. The lowest BCUT2D eigenvalue weighted by Gasteiger charge is -2.17. The topological polar surface area (TPSA) is 72.5 Å². The maximum Gasteiger partial charge on any atom is 0.252 e. The Morgan fingerprint density at radius 3 is 2.78 bits per heavy atom. The van der Waals surface area contributed by atoms with Gasteiger partial charge in [-0.3, -0.25) is 4.79 Å². The number of rotatable bonds is 7. The van der Waals surface area contributed by atoms with Gasteiger partial charge in [0, 0.05) is 12.6 Å². The third-order valence-corrected chi connectivity index (χ3v) is 5.96. The molecule has 0 aromatic heterocycles. The van der Waals surface area contributed by atoms with E-state index in [9.17, 15) is 13.2 Å². The first kappa shape index (κ1) is 17.9. The zero-order chi connectivity index (χ0) is 16.9. The molecular weight excluding hydrogens is 314 g/mol. The lowest BCUT2D eigenvalue weighted by Crippen LogP contribution is -2.34. The van der Waals surface area contributed by atoms with Crippen LogP contribution < -0.4 is 5.32 Å². The molecule has 1 saturated heterocycles. The highest BCUT2D eigenvalue weighted by Gasteiger charge is 2.22. The van der Waals surface area contributed by atoms with Gasteiger partial charge in [-0.25, -0.2) is 8.42 Å². The van der Waals surface area contributed by atoms with E-state index in [1.54, 1.807) is 25.1 Å². The highest BCUT2D eigenvalue weighted by molar-refractivity contribution is 7.91. The van der Waals surface area contributed by atoms with E-state index >= 15 is 0 Å². The van der Waals surface area contributed by atoms with Crippen molar-refractivity contribution in [3.05, 3.63) is 29.8 Å². The molecule has 2 unspecified atom stereocenters. The summed E-state index contributed by atoms with van der Waals surface area (Å²) >= 11 is 0. The molecule has 5 nitrogen and oxygen atoms in total. The van der Waals surface area contributed by atoms with Crippen molar-refractivity contribution in [2.45, 2.75) is 56.6 Å². The lowest BCUT2D eigenvalue weighted by molar-refractivity contribution is 0.0897. The molecule has 0 saturated carbocycles. The van der Waals surface area contributed by atoms with Gasteiger partial charge >= 0.3 is 0 Å². The summed E-state index contributed by atoms with van der Waals surface area (Å²) in [5.74, 6) is -0.358. The van der Waals surface area contributed by atoms with E-state index in [-0.39, 0.29) is 28.2 Å². The van der Waals surface area contributed by atoms with Crippen molar-refractivity contribution in [2.75, 3.05) is 12.4 Å². The Morgan fingerprint density at radius 2 is 2.13 bits per heavy atom. The quantitative estimate of drug-likeness (QED) is 0.828. The minimum Gasteiger partial charge on any atom is -0.378 e. The number of carbonyl (C=O) groups excluding carboxylic acids is 1. The Labute approximate surface area is 138 Å². The van der Waals surface area contributed by atoms with Crippen LogP contribution in [0.4, 0.5) is 0 Å². The summed E-state index contributed by atoms with van der Waals surface area (Å²) in [5, 5.41) is 2.90. The van der Waals surface area contributed by atoms with E-state index < -0.39 is 9.84 Å². The lowest BCUT2D eigenvalue weighted by atomic mass is 10.1. The minimum atomic E-state index is -3.42. The summed E-state index contributed by atoms with van der Waals surface area (Å²) in [7, 11) is -3.42. The van der Waals surface area contributed by atoms with Crippen LogP contribution in [0.3, 0.4) is 0 Å². The smallest absolute Gasteiger partial charge is 0.252 e. The molecule has 128 valence electrons.